The van der Waals surface area contributed by atoms with Gasteiger partial charge in [-0.15, -0.1) is 0 Å². The highest BCUT2D eigenvalue weighted by Gasteiger charge is 2.16. The Bertz CT molecular complexity index is 152. The van der Waals surface area contributed by atoms with Crippen LogP contribution in [0.1, 0.15) is 26.7 Å². The Labute approximate surface area is 71.4 Å². The second kappa shape index (κ2) is 5.54. The Kier molecular flexibility index (Phi) is 5.03. The van der Waals surface area contributed by atoms with E-state index in [9.17, 15) is 9.59 Å². The SMILES string of the molecule is CCCC(=O)N(N)C(=O)OCC. The van der Waals surface area contributed by atoms with Crippen LogP contribution >= 0.6 is 0 Å². The summed E-state index contributed by atoms with van der Waals surface area (Å²) in [4.78, 5) is 21.8. The molecule has 5 heteroatoms. The van der Waals surface area contributed by atoms with Crippen LogP contribution in [0, 0.1) is 0 Å². The van der Waals surface area contributed by atoms with Crippen molar-refractivity contribution < 1.29 is 14.3 Å². The van der Waals surface area contributed by atoms with Gasteiger partial charge in [0.25, 0.3) is 0 Å². The van der Waals surface area contributed by atoms with Gasteiger partial charge >= 0.3 is 6.09 Å². The van der Waals surface area contributed by atoms with Crippen LogP contribution < -0.4 is 5.84 Å². The van der Waals surface area contributed by atoms with E-state index in [4.69, 9.17) is 5.84 Å². The molecule has 2 N–H and O–H groups in total. The summed E-state index contributed by atoms with van der Waals surface area (Å²) in [7, 11) is 0. The lowest BCUT2D eigenvalue weighted by molar-refractivity contribution is -0.129. The van der Waals surface area contributed by atoms with Crippen LogP contribution in [0.5, 0.6) is 0 Å². The molecule has 0 atom stereocenters. The predicted octanol–water partition coefficient (Wildman–Crippen LogP) is 0.645. The number of carbonyl (C=O) groups is 2. The first-order valence-corrected chi connectivity index (χ1v) is 3.87. The molecule has 0 aliphatic heterocycles. The first-order chi connectivity index (χ1) is 5.63. The van der Waals surface area contributed by atoms with Crippen LogP contribution in [0.25, 0.3) is 0 Å². The maximum absolute atomic E-state index is 11.0. The zero-order chi connectivity index (χ0) is 9.56. The number of nitrogens with two attached hydrogens (primary N) is 1. The lowest BCUT2D eigenvalue weighted by Crippen LogP contribution is -2.42. The largest absolute Gasteiger partial charge is 0.448 e. The average Bonchev–Trinajstić information content (AvgIpc) is 2.04. The monoisotopic (exact) mass is 174 g/mol. The molecule has 0 fully saturated rings. The Morgan fingerprint density at radius 1 is 1.42 bits per heavy atom. The second-order valence-electron chi connectivity index (χ2n) is 2.21. The average molecular weight is 174 g/mol. The standard InChI is InChI=1S/C7H14N2O3/c1-3-5-6(10)9(8)7(11)12-4-2/h3-5,8H2,1-2H3. The number of hydrogen-bond donors (Lipinski definition) is 1. The van der Waals surface area contributed by atoms with Crippen molar-refractivity contribution in [3.8, 4) is 0 Å². The number of carbonyl (C=O) groups excluding carboxylic acids is 2. The second-order valence-corrected chi connectivity index (χ2v) is 2.21. The molecule has 0 saturated heterocycles. The third-order valence-corrected chi connectivity index (χ3v) is 1.20. The molecule has 12 heavy (non-hydrogen) atoms. The maximum Gasteiger partial charge on any atom is 0.431 e. The summed E-state index contributed by atoms with van der Waals surface area (Å²) in [5, 5.41) is 0.507. The summed E-state index contributed by atoms with van der Waals surface area (Å²) in [6.45, 7) is 3.69. The fourth-order valence-electron chi connectivity index (χ4n) is 0.629. The Hall–Kier alpha value is -1.10. The Morgan fingerprint density at radius 3 is 2.42 bits per heavy atom. The van der Waals surface area contributed by atoms with Gasteiger partial charge in [0, 0.05) is 6.42 Å². The minimum atomic E-state index is -0.795. The van der Waals surface area contributed by atoms with Crippen molar-refractivity contribution in [2.24, 2.45) is 5.84 Å². The summed E-state index contributed by atoms with van der Waals surface area (Å²) in [5.41, 5.74) is 0. The first kappa shape index (κ1) is 10.9. The smallest absolute Gasteiger partial charge is 0.431 e. The van der Waals surface area contributed by atoms with E-state index in [0.717, 1.165) is 0 Å². The summed E-state index contributed by atoms with van der Waals surface area (Å²) in [6.07, 6.45) is 0.122. The van der Waals surface area contributed by atoms with Crippen molar-refractivity contribution in [3.05, 3.63) is 0 Å². The molecule has 0 aliphatic rings. The number of hydrazine groups is 1. The molecule has 0 aromatic rings. The highest BCUT2D eigenvalue weighted by atomic mass is 16.6. The Morgan fingerprint density at radius 2 is 2.00 bits per heavy atom. The van der Waals surface area contributed by atoms with E-state index in [1.165, 1.54) is 0 Å². The summed E-state index contributed by atoms with van der Waals surface area (Å²) in [6, 6.07) is 0. The summed E-state index contributed by atoms with van der Waals surface area (Å²) < 4.78 is 4.51. The minimum absolute atomic E-state index is 0.214. The molecule has 0 spiro atoms. The van der Waals surface area contributed by atoms with Crippen LogP contribution in [0.4, 0.5) is 4.79 Å². The van der Waals surface area contributed by atoms with Crippen LogP contribution in [0.2, 0.25) is 0 Å². The molecule has 0 radical (unpaired) electrons. The van der Waals surface area contributed by atoms with E-state index < -0.39 is 12.0 Å². The molecule has 5 nitrogen and oxygen atoms in total. The number of nitrogens with zero attached hydrogens (tertiary/aromatic N) is 1. The van der Waals surface area contributed by atoms with Gasteiger partial charge in [-0.3, -0.25) is 4.79 Å². The van der Waals surface area contributed by atoms with E-state index >= 15 is 0 Å². The highest BCUT2D eigenvalue weighted by Crippen LogP contribution is 1.94. The first-order valence-electron chi connectivity index (χ1n) is 3.87. The molecule has 0 heterocycles. The topological polar surface area (TPSA) is 72.6 Å². The predicted molar refractivity (Wildman–Crippen MR) is 43.0 cm³/mol. The molecule has 0 unspecified atom stereocenters. The molecule has 0 aromatic heterocycles. The van der Waals surface area contributed by atoms with Gasteiger partial charge in [0.05, 0.1) is 6.61 Å². The third-order valence-electron chi connectivity index (χ3n) is 1.20. The molecule has 2 amide bonds. The van der Waals surface area contributed by atoms with Crippen molar-refractivity contribution in [3.63, 3.8) is 0 Å². The molecular formula is C7H14N2O3. The number of amides is 2. The van der Waals surface area contributed by atoms with Crippen molar-refractivity contribution in [2.45, 2.75) is 26.7 Å². The zero-order valence-electron chi connectivity index (χ0n) is 7.37. The number of rotatable bonds is 3. The van der Waals surface area contributed by atoms with E-state index in [2.05, 4.69) is 4.74 Å². The van der Waals surface area contributed by atoms with Crippen LogP contribution in [-0.2, 0) is 9.53 Å². The van der Waals surface area contributed by atoms with Gasteiger partial charge in [-0.25, -0.2) is 10.6 Å². The molecule has 0 saturated carbocycles. The molecular weight excluding hydrogens is 160 g/mol. The number of hydrogen-bond acceptors (Lipinski definition) is 4. The number of ether oxygens (including phenoxy) is 1. The van der Waals surface area contributed by atoms with Crippen LogP contribution in [-0.4, -0.2) is 23.6 Å². The van der Waals surface area contributed by atoms with Crippen LogP contribution in [0.3, 0.4) is 0 Å². The lowest BCUT2D eigenvalue weighted by atomic mass is 10.3. The van der Waals surface area contributed by atoms with Crippen molar-refractivity contribution in [2.75, 3.05) is 6.61 Å². The fraction of sp³-hybridized carbons (Fsp3) is 0.714. The van der Waals surface area contributed by atoms with Gasteiger partial charge < -0.3 is 4.74 Å². The quantitative estimate of drug-likeness (QED) is 0.387. The lowest BCUT2D eigenvalue weighted by Gasteiger charge is -2.12. The van der Waals surface area contributed by atoms with Crippen LogP contribution in [0.15, 0.2) is 0 Å². The van der Waals surface area contributed by atoms with Gasteiger partial charge in [-0.1, -0.05) is 6.92 Å². The van der Waals surface area contributed by atoms with E-state index in [-0.39, 0.29) is 13.0 Å². The van der Waals surface area contributed by atoms with Gasteiger partial charge in [-0.2, -0.15) is 5.01 Å². The third kappa shape index (κ3) is 3.34. The minimum Gasteiger partial charge on any atom is -0.448 e. The summed E-state index contributed by atoms with van der Waals surface area (Å²) in [5.74, 6) is 4.72. The molecule has 0 aliphatic carbocycles. The highest BCUT2D eigenvalue weighted by molar-refractivity contribution is 5.90. The van der Waals surface area contributed by atoms with Gasteiger partial charge in [0.2, 0.25) is 5.91 Å². The molecule has 0 aromatic carbocycles. The van der Waals surface area contributed by atoms with E-state index in [1.807, 2.05) is 6.92 Å². The zero-order valence-corrected chi connectivity index (χ0v) is 7.37. The van der Waals surface area contributed by atoms with E-state index in [1.54, 1.807) is 6.92 Å². The van der Waals surface area contributed by atoms with Gasteiger partial charge in [0.15, 0.2) is 0 Å². The van der Waals surface area contributed by atoms with Gasteiger partial charge in [-0.05, 0) is 13.3 Å². The normalized spacial score (nSPS) is 9.25. The summed E-state index contributed by atoms with van der Waals surface area (Å²) >= 11 is 0. The van der Waals surface area contributed by atoms with Crippen molar-refractivity contribution >= 4 is 12.0 Å². The fourth-order valence-corrected chi connectivity index (χ4v) is 0.629. The van der Waals surface area contributed by atoms with Crippen molar-refractivity contribution in [1.82, 2.24) is 5.01 Å². The Balaban J connectivity index is 3.91. The molecule has 0 bridgehead atoms. The molecule has 70 valence electrons. The van der Waals surface area contributed by atoms with Crippen molar-refractivity contribution in [1.29, 1.82) is 0 Å². The van der Waals surface area contributed by atoms with Gasteiger partial charge in [0.1, 0.15) is 0 Å². The maximum atomic E-state index is 11.0. The van der Waals surface area contributed by atoms with E-state index in [0.29, 0.717) is 11.4 Å². The molecule has 0 rings (SSSR count). The number of imide groups is 1.